The van der Waals surface area contributed by atoms with Gasteiger partial charge in [-0.25, -0.2) is 4.79 Å². The molecule has 2 heterocycles. The second-order valence-electron chi connectivity index (χ2n) is 4.46. The van der Waals surface area contributed by atoms with Gasteiger partial charge in [-0.1, -0.05) is 18.2 Å². The van der Waals surface area contributed by atoms with Crippen LogP contribution in [0, 0.1) is 0 Å². The summed E-state index contributed by atoms with van der Waals surface area (Å²) in [7, 11) is 0. The number of anilines is 2. The van der Waals surface area contributed by atoms with Gasteiger partial charge in [-0.2, -0.15) is 0 Å². The molecule has 5 nitrogen and oxygen atoms in total. The third-order valence-electron chi connectivity index (χ3n) is 3.33. The van der Waals surface area contributed by atoms with Crippen LogP contribution in [0.1, 0.15) is 15.9 Å². The molecule has 0 fully saturated rings. The lowest BCUT2D eigenvalue weighted by atomic mass is 10.2. The van der Waals surface area contributed by atoms with Gasteiger partial charge in [-0.15, -0.1) is 22.0 Å². The van der Waals surface area contributed by atoms with Gasteiger partial charge >= 0.3 is 5.97 Å². The van der Waals surface area contributed by atoms with E-state index in [-0.39, 0.29) is 5.56 Å². The van der Waals surface area contributed by atoms with E-state index in [1.165, 1.54) is 17.3 Å². The average molecular weight is 287 g/mol. The number of carbonyl (C=O) groups is 1. The molecule has 0 radical (unpaired) electrons. The summed E-state index contributed by atoms with van der Waals surface area (Å²) >= 11 is 1.29. The number of carboxylic acids is 1. The van der Waals surface area contributed by atoms with Crippen molar-refractivity contribution in [1.29, 1.82) is 0 Å². The fourth-order valence-electron chi connectivity index (χ4n) is 2.38. The van der Waals surface area contributed by atoms with Crippen molar-refractivity contribution in [2.45, 2.75) is 11.4 Å². The van der Waals surface area contributed by atoms with Crippen molar-refractivity contribution in [3.05, 3.63) is 41.5 Å². The number of carboxylic acid groups (broad SMARTS) is 1. The van der Waals surface area contributed by atoms with E-state index < -0.39 is 5.97 Å². The van der Waals surface area contributed by atoms with Crippen LogP contribution in [0.25, 0.3) is 0 Å². The van der Waals surface area contributed by atoms with E-state index in [2.05, 4.69) is 16.3 Å². The monoisotopic (exact) mass is 287 g/mol. The van der Waals surface area contributed by atoms with Gasteiger partial charge in [0.15, 0.2) is 5.82 Å². The van der Waals surface area contributed by atoms with Gasteiger partial charge in [0.25, 0.3) is 0 Å². The molecule has 3 rings (SSSR count). The summed E-state index contributed by atoms with van der Waals surface area (Å²) in [5.41, 5.74) is 2.53. The van der Waals surface area contributed by atoms with E-state index in [9.17, 15) is 9.90 Å². The predicted octanol–water partition coefficient (Wildman–Crippen LogP) is 2.59. The molecule has 1 aliphatic rings. The fraction of sp³-hybridized carbons (Fsp3) is 0.214. The maximum Gasteiger partial charge on any atom is 0.338 e. The van der Waals surface area contributed by atoms with Crippen LogP contribution in [0.4, 0.5) is 11.5 Å². The lowest BCUT2D eigenvalue weighted by Crippen LogP contribution is -2.17. The number of thioether (sulfide) groups is 1. The van der Waals surface area contributed by atoms with Crippen LogP contribution in [-0.4, -0.2) is 34.1 Å². The summed E-state index contributed by atoms with van der Waals surface area (Å²) < 4.78 is 0. The first-order valence-corrected chi connectivity index (χ1v) is 7.43. The highest BCUT2D eigenvalue weighted by atomic mass is 32.2. The van der Waals surface area contributed by atoms with Gasteiger partial charge in [-0.05, 0) is 24.3 Å². The molecule has 0 unspecified atom stereocenters. The minimum absolute atomic E-state index is 0.201. The van der Waals surface area contributed by atoms with Crippen LogP contribution in [0.3, 0.4) is 0 Å². The Morgan fingerprint density at radius 2 is 2.15 bits per heavy atom. The van der Waals surface area contributed by atoms with Crippen molar-refractivity contribution in [1.82, 2.24) is 10.2 Å². The summed E-state index contributed by atoms with van der Waals surface area (Å²) in [5, 5.41) is 17.9. The summed E-state index contributed by atoms with van der Waals surface area (Å²) in [6.07, 6.45) is 2.73. The number of aromatic nitrogens is 2. The molecular weight excluding hydrogens is 274 g/mol. The molecule has 1 aromatic carbocycles. The highest BCUT2D eigenvalue weighted by Crippen LogP contribution is 2.34. The number of aromatic carboxylic acids is 1. The third kappa shape index (κ3) is 2.12. The highest BCUT2D eigenvalue weighted by molar-refractivity contribution is 7.98. The minimum Gasteiger partial charge on any atom is -0.478 e. The fourth-order valence-corrected chi connectivity index (χ4v) is 2.87. The number of nitrogens with zero attached hydrogens (tertiary/aromatic N) is 3. The second kappa shape index (κ2) is 5.13. The van der Waals surface area contributed by atoms with Crippen LogP contribution >= 0.6 is 11.8 Å². The van der Waals surface area contributed by atoms with Crippen LogP contribution in [0.15, 0.2) is 35.4 Å². The Bertz CT molecular complexity index is 675. The Balaban J connectivity index is 2.04. The van der Waals surface area contributed by atoms with Crippen LogP contribution in [0.5, 0.6) is 0 Å². The van der Waals surface area contributed by atoms with Gasteiger partial charge in [0.2, 0.25) is 0 Å². The second-order valence-corrected chi connectivity index (χ2v) is 5.26. The molecule has 20 heavy (non-hydrogen) atoms. The Morgan fingerprint density at radius 3 is 2.90 bits per heavy atom. The predicted molar refractivity (Wildman–Crippen MR) is 77.9 cm³/mol. The van der Waals surface area contributed by atoms with E-state index in [4.69, 9.17) is 0 Å². The lowest BCUT2D eigenvalue weighted by Gasteiger charge is -2.18. The van der Waals surface area contributed by atoms with Gasteiger partial charge < -0.3 is 10.0 Å². The van der Waals surface area contributed by atoms with Gasteiger partial charge in [-0.3, -0.25) is 0 Å². The maximum absolute atomic E-state index is 11.3. The first-order chi connectivity index (χ1) is 9.70. The molecule has 102 valence electrons. The minimum atomic E-state index is -0.974. The summed E-state index contributed by atoms with van der Waals surface area (Å²) in [6.45, 7) is 0.797. The van der Waals surface area contributed by atoms with E-state index in [0.717, 1.165) is 18.7 Å². The largest absolute Gasteiger partial charge is 0.478 e. The van der Waals surface area contributed by atoms with Crippen molar-refractivity contribution in [2.75, 3.05) is 17.7 Å². The number of benzene rings is 1. The summed E-state index contributed by atoms with van der Waals surface area (Å²) in [4.78, 5) is 13.3. The molecule has 1 aliphatic heterocycles. The molecule has 6 heteroatoms. The quantitative estimate of drug-likeness (QED) is 0.875. The van der Waals surface area contributed by atoms with Crippen molar-refractivity contribution in [3.8, 4) is 0 Å². The van der Waals surface area contributed by atoms with Crippen molar-refractivity contribution in [2.24, 2.45) is 0 Å². The van der Waals surface area contributed by atoms with Gasteiger partial charge in [0.05, 0.1) is 5.56 Å². The topological polar surface area (TPSA) is 66.3 Å². The van der Waals surface area contributed by atoms with E-state index >= 15 is 0 Å². The van der Waals surface area contributed by atoms with Crippen molar-refractivity contribution >= 4 is 29.2 Å². The van der Waals surface area contributed by atoms with Crippen LogP contribution < -0.4 is 4.90 Å². The first-order valence-electron chi connectivity index (χ1n) is 6.21. The molecule has 0 amide bonds. The van der Waals surface area contributed by atoms with E-state index in [1.807, 2.05) is 23.1 Å². The molecule has 1 N–H and O–H groups in total. The molecule has 0 aliphatic carbocycles. The normalized spacial score (nSPS) is 13.3. The molecule has 1 aromatic heterocycles. The number of fused-ring (bicyclic) bond motifs is 1. The average Bonchev–Trinajstić information content (AvgIpc) is 2.90. The standard InChI is InChI=1S/C14H13N3O2S/c1-20-13-10(14(18)19)8-12(15-16-13)17-7-6-9-4-2-3-5-11(9)17/h2-5,8H,6-7H2,1H3,(H,18,19). The number of para-hydroxylation sites is 1. The smallest absolute Gasteiger partial charge is 0.338 e. The lowest BCUT2D eigenvalue weighted by molar-refractivity contribution is 0.0692. The van der Waals surface area contributed by atoms with Crippen molar-refractivity contribution in [3.63, 3.8) is 0 Å². The van der Waals surface area contributed by atoms with E-state index in [1.54, 1.807) is 12.3 Å². The number of hydrogen-bond donors (Lipinski definition) is 1. The zero-order chi connectivity index (χ0) is 14.1. The first kappa shape index (κ1) is 12.9. The Kier molecular flexibility index (Phi) is 3.31. The molecule has 0 bridgehead atoms. The van der Waals surface area contributed by atoms with Crippen LogP contribution in [-0.2, 0) is 6.42 Å². The summed E-state index contributed by atoms with van der Waals surface area (Å²) in [5.74, 6) is -0.386. The SMILES string of the molecule is CSc1nnc(N2CCc3ccccc32)cc1C(=O)O. The van der Waals surface area contributed by atoms with E-state index in [0.29, 0.717) is 10.8 Å². The molecule has 0 atom stereocenters. The number of hydrogen-bond acceptors (Lipinski definition) is 5. The Labute approximate surface area is 120 Å². The maximum atomic E-state index is 11.3. The zero-order valence-corrected chi connectivity index (χ0v) is 11.7. The third-order valence-corrected chi connectivity index (χ3v) is 4.02. The Hall–Kier alpha value is -2.08. The summed E-state index contributed by atoms with van der Waals surface area (Å²) in [6, 6.07) is 9.68. The number of rotatable bonds is 3. The molecular formula is C14H13N3O2S. The van der Waals surface area contributed by atoms with Gasteiger partial charge in [0, 0.05) is 18.3 Å². The molecule has 2 aromatic rings. The Morgan fingerprint density at radius 1 is 1.35 bits per heavy atom. The van der Waals surface area contributed by atoms with Crippen molar-refractivity contribution < 1.29 is 9.90 Å². The van der Waals surface area contributed by atoms with Crippen LogP contribution in [0.2, 0.25) is 0 Å². The molecule has 0 spiro atoms. The zero-order valence-electron chi connectivity index (χ0n) is 10.9. The highest BCUT2D eigenvalue weighted by Gasteiger charge is 2.23. The molecule has 0 saturated carbocycles. The molecule has 0 saturated heterocycles. The van der Waals surface area contributed by atoms with Gasteiger partial charge in [0.1, 0.15) is 5.03 Å².